The topological polar surface area (TPSA) is 92.3 Å². The lowest BCUT2D eigenvalue weighted by molar-refractivity contribution is -0.252. The van der Waals surface area contributed by atoms with E-state index < -0.39 is 6.29 Å². The Hall–Kier alpha value is -5.25. The Morgan fingerprint density at radius 1 is 0.860 bits per heavy atom. The number of hydrogen-bond acceptors (Lipinski definition) is 6. The van der Waals surface area contributed by atoms with Crippen LogP contribution in [0.15, 0.2) is 140 Å². The molecule has 1 aliphatic heterocycles. The minimum absolute atomic E-state index is 0.00569. The number of anilines is 1. The standard InChI is InChI=1S/C42H43N3O5/c1-3-25-45(2)28-38-26-40(32-15-13-30(29-46)14-16-32)50-41(49-38)33-19-17-31(18-20-33)39-12-8-7-9-34(39)27-43-42(47)44-35-21-23-37(24-22-35)48-36-10-5-4-6-11-36/h3-24,38,40-41,46H,1,25-29H2,2H3,(H2,43,44,47)/t38-,40+,41+/m0/s1. The molecule has 0 aliphatic carbocycles. The number of nitrogens with zero attached hydrogens (tertiary/aromatic N) is 1. The highest BCUT2D eigenvalue weighted by Crippen LogP contribution is 2.39. The molecule has 5 aromatic rings. The van der Waals surface area contributed by atoms with Gasteiger partial charge in [0.05, 0.1) is 18.8 Å². The lowest BCUT2D eigenvalue weighted by Gasteiger charge is -2.37. The second-order valence-electron chi connectivity index (χ2n) is 12.4. The van der Waals surface area contributed by atoms with Crippen molar-refractivity contribution < 1.29 is 24.1 Å². The first-order valence-electron chi connectivity index (χ1n) is 16.8. The maximum atomic E-state index is 12.8. The fraction of sp³-hybridized carbons (Fsp3) is 0.214. The Bertz CT molecular complexity index is 1830. The molecule has 0 aromatic heterocycles. The van der Waals surface area contributed by atoms with Gasteiger partial charge in [-0.15, -0.1) is 6.58 Å². The highest BCUT2D eigenvalue weighted by molar-refractivity contribution is 5.89. The molecule has 0 bridgehead atoms. The summed E-state index contributed by atoms with van der Waals surface area (Å²) in [5.74, 6) is 1.44. The van der Waals surface area contributed by atoms with Gasteiger partial charge in [0, 0.05) is 37.3 Å². The summed E-state index contributed by atoms with van der Waals surface area (Å²) in [4.78, 5) is 15.0. The van der Waals surface area contributed by atoms with Crippen LogP contribution in [0.5, 0.6) is 11.5 Å². The molecule has 6 rings (SSSR count). The van der Waals surface area contributed by atoms with Gasteiger partial charge >= 0.3 is 6.03 Å². The molecule has 3 N–H and O–H groups in total. The van der Waals surface area contributed by atoms with Crippen LogP contribution in [0.3, 0.4) is 0 Å². The average Bonchev–Trinajstić information content (AvgIpc) is 3.15. The summed E-state index contributed by atoms with van der Waals surface area (Å²) >= 11 is 0. The van der Waals surface area contributed by atoms with E-state index in [1.165, 1.54) is 0 Å². The van der Waals surface area contributed by atoms with Crippen molar-refractivity contribution in [3.63, 3.8) is 0 Å². The maximum absolute atomic E-state index is 12.8. The number of amides is 2. The van der Waals surface area contributed by atoms with Crippen molar-refractivity contribution in [2.75, 3.05) is 25.5 Å². The van der Waals surface area contributed by atoms with E-state index in [0.29, 0.717) is 18.0 Å². The van der Waals surface area contributed by atoms with E-state index in [1.807, 2.05) is 115 Å². The van der Waals surface area contributed by atoms with Crippen molar-refractivity contribution in [1.82, 2.24) is 10.2 Å². The van der Waals surface area contributed by atoms with Crippen LogP contribution in [0.4, 0.5) is 10.5 Å². The van der Waals surface area contributed by atoms with Crippen LogP contribution < -0.4 is 15.4 Å². The van der Waals surface area contributed by atoms with Gasteiger partial charge in [-0.25, -0.2) is 4.79 Å². The predicted molar refractivity (Wildman–Crippen MR) is 197 cm³/mol. The average molecular weight is 670 g/mol. The molecular formula is C42H43N3O5. The van der Waals surface area contributed by atoms with E-state index in [1.54, 1.807) is 0 Å². The van der Waals surface area contributed by atoms with Crippen LogP contribution in [0.25, 0.3) is 11.1 Å². The lowest BCUT2D eigenvalue weighted by Crippen LogP contribution is -2.37. The SMILES string of the molecule is C=CCN(C)C[C@@H]1C[C@H](c2ccc(CO)cc2)O[C@H](c2ccc(-c3ccccc3CNC(=O)Nc3ccc(Oc4ccccc4)cc3)cc2)O1. The third kappa shape index (κ3) is 9.25. The van der Waals surface area contributed by atoms with Crippen LogP contribution in [-0.2, 0) is 22.6 Å². The van der Waals surface area contributed by atoms with Gasteiger partial charge in [-0.3, -0.25) is 0 Å². The highest BCUT2D eigenvalue weighted by atomic mass is 16.7. The zero-order valence-corrected chi connectivity index (χ0v) is 28.2. The summed E-state index contributed by atoms with van der Waals surface area (Å²) in [6.45, 7) is 5.74. The molecule has 0 spiro atoms. The molecule has 0 saturated carbocycles. The molecule has 3 atom stereocenters. The van der Waals surface area contributed by atoms with Crippen LogP contribution in [0.1, 0.15) is 41.1 Å². The molecule has 0 radical (unpaired) electrons. The van der Waals surface area contributed by atoms with Gasteiger partial charge in [0.1, 0.15) is 11.5 Å². The van der Waals surface area contributed by atoms with E-state index in [4.69, 9.17) is 14.2 Å². The predicted octanol–water partition coefficient (Wildman–Crippen LogP) is 8.62. The largest absolute Gasteiger partial charge is 0.457 e. The van der Waals surface area contributed by atoms with E-state index in [0.717, 1.165) is 58.6 Å². The number of carbonyl (C=O) groups excluding carboxylic acids is 1. The maximum Gasteiger partial charge on any atom is 0.319 e. The van der Waals surface area contributed by atoms with Gasteiger partial charge in [0.2, 0.25) is 0 Å². The third-order valence-corrected chi connectivity index (χ3v) is 8.61. The molecule has 8 heteroatoms. The van der Waals surface area contributed by atoms with Crippen molar-refractivity contribution in [2.24, 2.45) is 0 Å². The van der Waals surface area contributed by atoms with E-state index >= 15 is 0 Å². The molecule has 5 aromatic carbocycles. The number of aliphatic hydroxyl groups excluding tert-OH is 1. The third-order valence-electron chi connectivity index (χ3n) is 8.61. The number of aliphatic hydroxyl groups is 1. The van der Waals surface area contributed by atoms with Gasteiger partial charge in [0.15, 0.2) is 6.29 Å². The minimum Gasteiger partial charge on any atom is -0.457 e. The highest BCUT2D eigenvalue weighted by Gasteiger charge is 2.32. The molecule has 0 unspecified atom stereocenters. The molecule has 8 nitrogen and oxygen atoms in total. The summed E-state index contributed by atoms with van der Waals surface area (Å²) in [7, 11) is 2.06. The number of likely N-dealkylation sites (N-methyl/N-ethyl adjacent to an activating group) is 1. The zero-order valence-electron chi connectivity index (χ0n) is 28.2. The smallest absolute Gasteiger partial charge is 0.319 e. The normalized spacial score (nSPS) is 17.2. The van der Waals surface area contributed by atoms with Gasteiger partial charge < -0.3 is 34.9 Å². The van der Waals surface area contributed by atoms with Gasteiger partial charge in [-0.1, -0.05) is 97.1 Å². The molecular weight excluding hydrogens is 626 g/mol. The summed E-state index contributed by atoms with van der Waals surface area (Å²) in [5, 5.41) is 15.4. The molecule has 256 valence electrons. The summed E-state index contributed by atoms with van der Waals surface area (Å²) < 4.78 is 18.9. The Kier molecular flexibility index (Phi) is 11.7. The van der Waals surface area contributed by atoms with Crippen LogP contribution in [-0.4, -0.2) is 42.3 Å². The minimum atomic E-state index is -0.540. The van der Waals surface area contributed by atoms with Gasteiger partial charge in [-0.2, -0.15) is 0 Å². The Balaban J connectivity index is 1.10. The van der Waals surface area contributed by atoms with E-state index in [9.17, 15) is 9.90 Å². The first-order chi connectivity index (χ1) is 24.5. The van der Waals surface area contributed by atoms with Crippen molar-refractivity contribution in [2.45, 2.75) is 38.1 Å². The number of ether oxygens (including phenoxy) is 3. The number of nitrogens with one attached hydrogen (secondary N) is 2. The van der Waals surface area contributed by atoms with Crippen LogP contribution >= 0.6 is 0 Å². The molecule has 1 fully saturated rings. The molecule has 2 amide bonds. The Morgan fingerprint density at radius 2 is 1.54 bits per heavy atom. The van der Waals surface area contributed by atoms with Crippen molar-refractivity contribution in [3.8, 4) is 22.6 Å². The lowest BCUT2D eigenvalue weighted by atomic mass is 9.97. The number of para-hydroxylation sites is 1. The number of urea groups is 1. The zero-order chi connectivity index (χ0) is 34.7. The van der Waals surface area contributed by atoms with Crippen LogP contribution in [0.2, 0.25) is 0 Å². The molecule has 1 heterocycles. The fourth-order valence-electron chi connectivity index (χ4n) is 6.03. The molecule has 50 heavy (non-hydrogen) atoms. The molecule has 1 saturated heterocycles. The first kappa shape index (κ1) is 34.6. The number of hydrogen-bond donors (Lipinski definition) is 3. The fourth-order valence-corrected chi connectivity index (χ4v) is 6.03. The summed E-state index contributed by atoms with van der Waals surface area (Å²) in [5.41, 5.74) is 6.56. The number of rotatable bonds is 13. The van der Waals surface area contributed by atoms with Crippen molar-refractivity contribution in [3.05, 3.63) is 162 Å². The van der Waals surface area contributed by atoms with E-state index in [-0.39, 0.29) is 24.8 Å². The van der Waals surface area contributed by atoms with Gasteiger partial charge in [0.25, 0.3) is 0 Å². The molecule has 1 aliphatic rings. The quantitative estimate of drug-likeness (QED) is 0.109. The first-order valence-corrected chi connectivity index (χ1v) is 16.8. The monoisotopic (exact) mass is 669 g/mol. The van der Waals surface area contributed by atoms with Crippen LogP contribution in [0, 0.1) is 0 Å². The summed E-state index contributed by atoms with van der Waals surface area (Å²) in [6, 6.07) is 40.7. The van der Waals surface area contributed by atoms with Crippen molar-refractivity contribution >= 4 is 11.7 Å². The van der Waals surface area contributed by atoms with Crippen molar-refractivity contribution in [1.29, 1.82) is 0 Å². The second kappa shape index (κ2) is 16.9. The Morgan fingerprint density at radius 3 is 2.26 bits per heavy atom. The second-order valence-corrected chi connectivity index (χ2v) is 12.4. The Labute approximate surface area is 293 Å². The van der Waals surface area contributed by atoms with E-state index in [2.05, 4.69) is 47.4 Å². The number of benzene rings is 5. The summed E-state index contributed by atoms with van der Waals surface area (Å²) in [6.07, 6.45) is 1.88. The number of carbonyl (C=O) groups is 1. The van der Waals surface area contributed by atoms with Gasteiger partial charge in [-0.05, 0) is 71.3 Å².